The van der Waals surface area contributed by atoms with E-state index in [9.17, 15) is 4.79 Å². The molecule has 0 heterocycles. The average Bonchev–Trinajstić information content (AvgIpc) is 2.44. The summed E-state index contributed by atoms with van der Waals surface area (Å²) < 4.78 is 0. The monoisotopic (exact) mass is 251 g/mol. The van der Waals surface area contributed by atoms with Crippen LogP contribution in [0.15, 0.2) is 29.8 Å². The highest BCUT2D eigenvalue weighted by molar-refractivity contribution is 5.96. The van der Waals surface area contributed by atoms with Gasteiger partial charge < -0.3 is 10.4 Å². The van der Waals surface area contributed by atoms with Crippen molar-refractivity contribution in [3.63, 3.8) is 0 Å². The van der Waals surface area contributed by atoms with E-state index in [1.807, 2.05) is 27.7 Å². The molecule has 3 heteroatoms. The fraction of sp³-hybridized carbons (Fsp3) is 0.400. The molecule has 0 aliphatic carbocycles. The van der Waals surface area contributed by atoms with Crippen LogP contribution in [0.3, 0.4) is 0 Å². The number of benzene rings is 1. The number of carbonyl (C=O) groups excluding carboxylic acids is 1. The van der Waals surface area contributed by atoms with Gasteiger partial charge in [0.2, 0.25) is 5.91 Å². The van der Waals surface area contributed by atoms with Crippen molar-refractivity contribution < 1.29 is 9.90 Å². The van der Waals surface area contributed by atoms with Crippen molar-refractivity contribution in [3.8, 4) is 5.75 Å². The van der Waals surface area contributed by atoms with Gasteiger partial charge in [-0.15, -0.1) is 0 Å². The molecule has 0 aromatic heterocycles. The van der Waals surface area contributed by atoms with E-state index in [1.54, 1.807) is 44.3 Å². The number of nitrogens with one attached hydrogen (secondary N) is 1. The van der Waals surface area contributed by atoms with E-state index >= 15 is 0 Å². The van der Waals surface area contributed by atoms with Crippen LogP contribution in [-0.2, 0) is 4.79 Å². The van der Waals surface area contributed by atoms with Crippen molar-refractivity contribution in [2.75, 3.05) is 7.05 Å². The Morgan fingerprint density at radius 3 is 1.94 bits per heavy atom. The molecule has 0 aliphatic heterocycles. The highest BCUT2D eigenvalue weighted by Gasteiger charge is 1.99. The standard InChI is InChI=1S/C11H13NO2.2C2H6/c1-8(11(14)12-2)7-9-3-5-10(13)6-4-9;2*1-2/h3-7,13H,1-2H3,(H,12,14);2*1-2H3/b8-7+;;. The SMILES string of the molecule is CC.CC.CNC(=O)/C(C)=C/c1ccc(O)cc1. The number of phenols is 1. The maximum atomic E-state index is 11.2. The summed E-state index contributed by atoms with van der Waals surface area (Å²) >= 11 is 0. The number of hydrogen-bond acceptors (Lipinski definition) is 2. The summed E-state index contributed by atoms with van der Waals surface area (Å²) in [7, 11) is 1.59. The second-order valence-electron chi connectivity index (χ2n) is 3.00. The molecule has 0 fully saturated rings. The highest BCUT2D eigenvalue weighted by Crippen LogP contribution is 2.12. The third-order valence-electron chi connectivity index (χ3n) is 1.86. The molecule has 1 rings (SSSR count). The first kappa shape index (κ1) is 18.6. The van der Waals surface area contributed by atoms with Crippen LogP contribution in [0, 0.1) is 0 Å². The maximum Gasteiger partial charge on any atom is 0.246 e. The lowest BCUT2D eigenvalue weighted by Crippen LogP contribution is -2.18. The summed E-state index contributed by atoms with van der Waals surface area (Å²) in [6.45, 7) is 9.74. The maximum absolute atomic E-state index is 11.2. The molecule has 0 bridgehead atoms. The summed E-state index contributed by atoms with van der Waals surface area (Å²) in [4.78, 5) is 11.2. The highest BCUT2D eigenvalue weighted by atomic mass is 16.3. The molecule has 1 aromatic rings. The minimum atomic E-state index is -0.0990. The summed E-state index contributed by atoms with van der Waals surface area (Å²) in [5.41, 5.74) is 1.53. The first-order valence-electron chi connectivity index (χ1n) is 6.33. The molecular formula is C15H25NO2. The topological polar surface area (TPSA) is 49.3 Å². The second kappa shape index (κ2) is 11.7. The lowest BCUT2D eigenvalue weighted by molar-refractivity contribution is -0.116. The molecule has 18 heavy (non-hydrogen) atoms. The number of phenolic OH excluding ortho intramolecular Hbond substituents is 1. The molecule has 0 spiro atoms. The minimum absolute atomic E-state index is 0.0990. The van der Waals surface area contributed by atoms with Gasteiger partial charge in [-0.05, 0) is 30.7 Å². The Morgan fingerprint density at radius 1 is 1.11 bits per heavy atom. The predicted octanol–water partition coefficient (Wildman–Crippen LogP) is 3.59. The van der Waals surface area contributed by atoms with Crippen molar-refractivity contribution in [3.05, 3.63) is 35.4 Å². The van der Waals surface area contributed by atoms with Crippen LogP contribution in [-0.4, -0.2) is 18.1 Å². The molecule has 102 valence electrons. The van der Waals surface area contributed by atoms with E-state index in [-0.39, 0.29) is 11.7 Å². The molecule has 1 aromatic carbocycles. The number of rotatable bonds is 2. The normalized spacial score (nSPS) is 9.33. The molecule has 0 radical (unpaired) electrons. The molecule has 0 aliphatic rings. The van der Waals surface area contributed by atoms with Gasteiger partial charge in [0.1, 0.15) is 5.75 Å². The van der Waals surface area contributed by atoms with Gasteiger partial charge in [-0.2, -0.15) is 0 Å². The quantitative estimate of drug-likeness (QED) is 0.789. The van der Waals surface area contributed by atoms with Crippen LogP contribution in [0.1, 0.15) is 40.2 Å². The number of aromatic hydroxyl groups is 1. The van der Waals surface area contributed by atoms with Crippen LogP contribution in [0.2, 0.25) is 0 Å². The third-order valence-corrected chi connectivity index (χ3v) is 1.86. The van der Waals surface area contributed by atoms with Crippen molar-refractivity contribution in [1.29, 1.82) is 0 Å². The van der Waals surface area contributed by atoms with Crippen molar-refractivity contribution in [2.24, 2.45) is 0 Å². The number of amides is 1. The van der Waals surface area contributed by atoms with Crippen molar-refractivity contribution >= 4 is 12.0 Å². The van der Waals surface area contributed by atoms with Crippen LogP contribution in [0.25, 0.3) is 6.08 Å². The first-order valence-corrected chi connectivity index (χ1v) is 6.33. The fourth-order valence-corrected chi connectivity index (χ4v) is 1.08. The number of likely N-dealkylation sites (N-methyl/N-ethyl adjacent to an activating group) is 1. The van der Waals surface area contributed by atoms with Crippen LogP contribution in [0.5, 0.6) is 5.75 Å². The second-order valence-corrected chi connectivity index (χ2v) is 3.00. The molecule has 2 N–H and O–H groups in total. The smallest absolute Gasteiger partial charge is 0.246 e. The summed E-state index contributed by atoms with van der Waals surface area (Å²) in [5.74, 6) is 0.123. The van der Waals surface area contributed by atoms with Gasteiger partial charge in [0.15, 0.2) is 0 Å². The Balaban J connectivity index is 0. The molecular weight excluding hydrogens is 226 g/mol. The summed E-state index contributed by atoms with van der Waals surface area (Å²) in [6, 6.07) is 6.68. The van der Waals surface area contributed by atoms with Gasteiger partial charge in [-0.3, -0.25) is 4.79 Å². The molecule has 0 saturated heterocycles. The number of carbonyl (C=O) groups is 1. The van der Waals surface area contributed by atoms with Gasteiger partial charge in [-0.25, -0.2) is 0 Å². The van der Waals surface area contributed by atoms with Crippen LogP contribution < -0.4 is 5.32 Å². The average molecular weight is 251 g/mol. The van der Waals surface area contributed by atoms with Gasteiger partial charge in [0.05, 0.1) is 0 Å². The minimum Gasteiger partial charge on any atom is -0.508 e. The Labute approximate surface area is 111 Å². The lowest BCUT2D eigenvalue weighted by Gasteiger charge is -1.99. The first-order chi connectivity index (χ1) is 8.63. The molecule has 0 unspecified atom stereocenters. The van der Waals surface area contributed by atoms with Crippen molar-refractivity contribution in [2.45, 2.75) is 34.6 Å². The van der Waals surface area contributed by atoms with E-state index in [1.165, 1.54) is 0 Å². The number of hydrogen-bond donors (Lipinski definition) is 2. The van der Waals surface area contributed by atoms with Gasteiger partial charge >= 0.3 is 0 Å². The van der Waals surface area contributed by atoms with E-state index in [4.69, 9.17) is 5.11 Å². The van der Waals surface area contributed by atoms with Gasteiger partial charge in [0.25, 0.3) is 0 Å². The summed E-state index contributed by atoms with van der Waals surface area (Å²) in [6.07, 6.45) is 1.76. The zero-order valence-corrected chi connectivity index (χ0v) is 12.2. The van der Waals surface area contributed by atoms with Crippen LogP contribution >= 0.6 is 0 Å². The molecule has 0 atom stereocenters. The zero-order valence-electron chi connectivity index (χ0n) is 12.2. The van der Waals surface area contributed by atoms with Crippen LogP contribution in [0.4, 0.5) is 0 Å². The Hall–Kier alpha value is -1.77. The molecule has 1 amide bonds. The van der Waals surface area contributed by atoms with Crippen molar-refractivity contribution in [1.82, 2.24) is 5.32 Å². The molecule has 3 nitrogen and oxygen atoms in total. The fourth-order valence-electron chi connectivity index (χ4n) is 1.08. The van der Waals surface area contributed by atoms with E-state index < -0.39 is 0 Å². The third kappa shape index (κ3) is 7.49. The Kier molecular flexibility index (Phi) is 12.1. The predicted molar refractivity (Wildman–Crippen MR) is 78.5 cm³/mol. The van der Waals surface area contributed by atoms with Gasteiger partial charge in [0, 0.05) is 12.6 Å². The summed E-state index contributed by atoms with van der Waals surface area (Å²) in [5, 5.41) is 11.6. The Bertz CT molecular complexity index is 353. The molecule has 0 saturated carbocycles. The lowest BCUT2D eigenvalue weighted by atomic mass is 10.1. The zero-order chi connectivity index (χ0) is 14.6. The largest absolute Gasteiger partial charge is 0.508 e. The van der Waals surface area contributed by atoms with E-state index in [2.05, 4.69) is 5.32 Å². The van der Waals surface area contributed by atoms with Gasteiger partial charge in [-0.1, -0.05) is 39.8 Å². The van der Waals surface area contributed by atoms with E-state index in [0.717, 1.165) is 5.56 Å². The van der Waals surface area contributed by atoms with E-state index in [0.29, 0.717) is 5.57 Å². The Morgan fingerprint density at radius 2 is 1.56 bits per heavy atom.